The van der Waals surface area contributed by atoms with Crippen LogP contribution in [0.3, 0.4) is 0 Å². The van der Waals surface area contributed by atoms with Gasteiger partial charge in [-0.3, -0.25) is 9.36 Å². The lowest BCUT2D eigenvalue weighted by molar-refractivity contribution is -0.132. The molecule has 32 heavy (non-hydrogen) atoms. The maximum atomic E-state index is 12.7. The highest BCUT2D eigenvalue weighted by molar-refractivity contribution is 5.77. The first-order valence-corrected chi connectivity index (χ1v) is 10.9. The number of likely N-dealkylation sites (tertiary alicyclic amines) is 1. The molecule has 1 aliphatic rings. The molecular formula is C24H25N5O3. The lowest BCUT2D eigenvalue weighted by Crippen LogP contribution is -2.40. The van der Waals surface area contributed by atoms with E-state index in [-0.39, 0.29) is 17.6 Å². The second-order valence-electron chi connectivity index (χ2n) is 8.30. The summed E-state index contributed by atoms with van der Waals surface area (Å²) in [6.07, 6.45) is 2.25. The number of aromatic nitrogens is 4. The summed E-state index contributed by atoms with van der Waals surface area (Å²) >= 11 is 0. The van der Waals surface area contributed by atoms with Crippen molar-refractivity contribution in [3.8, 4) is 11.5 Å². The van der Waals surface area contributed by atoms with Gasteiger partial charge in [-0.1, -0.05) is 29.8 Å². The number of para-hydroxylation sites is 2. The van der Waals surface area contributed by atoms with Crippen LogP contribution in [0.1, 0.15) is 36.8 Å². The smallest absolute Gasteiger partial charge is 0.326 e. The standard InChI is InChI=1S/C24H25N5O3/c1-16-6-8-17(9-7-16)23-27-26-21(32-23)10-11-22(30)28-14-12-18(13-15-28)29-20-5-3-2-4-19(20)25-24(29)31/h2-9,18H,10-15H2,1H3,(H,25,31). The molecule has 164 valence electrons. The molecule has 0 bridgehead atoms. The van der Waals surface area contributed by atoms with Crippen LogP contribution in [0, 0.1) is 6.92 Å². The van der Waals surface area contributed by atoms with Crippen molar-refractivity contribution >= 4 is 16.9 Å². The van der Waals surface area contributed by atoms with Crippen molar-refractivity contribution in [2.45, 2.75) is 38.6 Å². The zero-order valence-corrected chi connectivity index (χ0v) is 18.0. The number of nitrogens with one attached hydrogen (secondary N) is 1. The van der Waals surface area contributed by atoms with E-state index in [1.165, 1.54) is 0 Å². The second kappa shape index (κ2) is 8.45. The van der Waals surface area contributed by atoms with Crippen LogP contribution in [0.4, 0.5) is 0 Å². The first-order valence-electron chi connectivity index (χ1n) is 10.9. The number of carbonyl (C=O) groups is 1. The number of imidazole rings is 1. The van der Waals surface area contributed by atoms with Crippen molar-refractivity contribution in [2.75, 3.05) is 13.1 Å². The van der Waals surface area contributed by atoms with E-state index in [9.17, 15) is 9.59 Å². The third kappa shape index (κ3) is 3.95. The third-order valence-corrected chi connectivity index (χ3v) is 6.12. The van der Waals surface area contributed by atoms with E-state index in [0.29, 0.717) is 37.7 Å². The van der Waals surface area contributed by atoms with E-state index in [0.717, 1.165) is 35.0 Å². The van der Waals surface area contributed by atoms with Gasteiger partial charge in [0.1, 0.15) is 0 Å². The van der Waals surface area contributed by atoms with E-state index in [4.69, 9.17) is 4.42 Å². The fraction of sp³-hybridized carbons (Fsp3) is 0.333. The second-order valence-corrected chi connectivity index (χ2v) is 8.30. The predicted octanol–water partition coefficient (Wildman–Crippen LogP) is 3.48. The molecule has 8 nitrogen and oxygen atoms in total. The summed E-state index contributed by atoms with van der Waals surface area (Å²) in [5, 5.41) is 8.19. The van der Waals surface area contributed by atoms with Crippen molar-refractivity contribution < 1.29 is 9.21 Å². The zero-order valence-electron chi connectivity index (χ0n) is 18.0. The Morgan fingerprint density at radius 2 is 1.84 bits per heavy atom. The first kappa shape index (κ1) is 20.2. The summed E-state index contributed by atoms with van der Waals surface area (Å²) in [6.45, 7) is 3.29. The Labute approximate surface area is 184 Å². The largest absolute Gasteiger partial charge is 0.421 e. The SMILES string of the molecule is Cc1ccc(-c2nnc(CCC(=O)N3CCC(n4c(=O)[nH]c5ccccc54)CC3)o2)cc1. The Bertz CT molecular complexity index is 1290. The number of H-pyrrole nitrogens is 1. The van der Waals surface area contributed by atoms with Crippen LogP contribution >= 0.6 is 0 Å². The molecule has 0 spiro atoms. The van der Waals surface area contributed by atoms with Gasteiger partial charge in [-0.05, 0) is 44.0 Å². The van der Waals surface area contributed by atoms with Gasteiger partial charge in [0.15, 0.2) is 0 Å². The van der Waals surface area contributed by atoms with Crippen molar-refractivity contribution in [3.63, 3.8) is 0 Å². The van der Waals surface area contributed by atoms with Crippen LogP contribution in [0.15, 0.2) is 57.7 Å². The van der Waals surface area contributed by atoms with Gasteiger partial charge in [0, 0.05) is 37.5 Å². The van der Waals surface area contributed by atoms with Gasteiger partial charge in [0.05, 0.1) is 11.0 Å². The molecule has 1 amide bonds. The molecule has 0 aliphatic carbocycles. The molecule has 8 heteroatoms. The maximum absolute atomic E-state index is 12.7. The molecule has 0 saturated carbocycles. The number of aryl methyl sites for hydroxylation is 2. The van der Waals surface area contributed by atoms with E-state index in [1.807, 2.05) is 64.9 Å². The quantitative estimate of drug-likeness (QED) is 0.522. The van der Waals surface area contributed by atoms with E-state index >= 15 is 0 Å². The molecule has 0 radical (unpaired) electrons. The number of hydrogen-bond acceptors (Lipinski definition) is 5. The number of rotatable bonds is 5. The average molecular weight is 431 g/mol. The van der Waals surface area contributed by atoms with Crippen LogP contribution in [0.25, 0.3) is 22.5 Å². The third-order valence-electron chi connectivity index (χ3n) is 6.12. The molecular weight excluding hydrogens is 406 g/mol. The van der Waals surface area contributed by atoms with Gasteiger partial charge in [-0.2, -0.15) is 0 Å². The minimum atomic E-state index is -0.0863. The molecule has 4 aromatic rings. The first-order chi connectivity index (χ1) is 15.6. The molecule has 1 N–H and O–H groups in total. The highest BCUT2D eigenvalue weighted by Crippen LogP contribution is 2.25. The van der Waals surface area contributed by atoms with Gasteiger partial charge in [0.2, 0.25) is 17.7 Å². The fourth-order valence-electron chi connectivity index (χ4n) is 4.35. The Morgan fingerprint density at radius 3 is 2.62 bits per heavy atom. The number of hydrogen-bond donors (Lipinski definition) is 1. The number of benzene rings is 2. The predicted molar refractivity (Wildman–Crippen MR) is 120 cm³/mol. The highest BCUT2D eigenvalue weighted by Gasteiger charge is 2.26. The van der Waals surface area contributed by atoms with Crippen molar-refractivity contribution in [2.24, 2.45) is 0 Å². The lowest BCUT2D eigenvalue weighted by atomic mass is 10.0. The normalized spacial score (nSPS) is 14.8. The van der Waals surface area contributed by atoms with Crippen molar-refractivity contribution in [3.05, 3.63) is 70.5 Å². The topological polar surface area (TPSA) is 97.0 Å². The van der Waals surface area contributed by atoms with Gasteiger partial charge in [-0.25, -0.2) is 4.79 Å². The van der Waals surface area contributed by atoms with Crippen molar-refractivity contribution in [1.82, 2.24) is 24.6 Å². The Kier molecular flexibility index (Phi) is 5.34. The molecule has 1 saturated heterocycles. The number of aromatic amines is 1. The summed E-state index contributed by atoms with van der Waals surface area (Å²) in [4.78, 5) is 29.9. The fourth-order valence-corrected chi connectivity index (χ4v) is 4.35. The van der Waals surface area contributed by atoms with E-state index < -0.39 is 0 Å². The Morgan fingerprint density at radius 1 is 1.09 bits per heavy atom. The Hall–Kier alpha value is -3.68. The minimum Gasteiger partial charge on any atom is -0.421 e. The molecule has 0 unspecified atom stereocenters. The maximum Gasteiger partial charge on any atom is 0.326 e. The summed E-state index contributed by atoms with van der Waals surface area (Å²) < 4.78 is 7.57. The Balaban J connectivity index is 1.17. The van der Waals surface area contributed by atoms with Crippen LogP contribution in [0.5, 0.6) is 0 Å². The molecule has 1 aliphatic heterocycles. The lowest BCUT2D eigenvalue weighted by Gasteiger charge is -2.32. The molecule has 3 heterocycles. The number of carbonyl (C=O) groups excluding carboxylic acids is 1. The summed E-state index contributed by atoms with van der Waals surface area (Å²) in [6, 6.07) is 15.7. The molecule has 2 aromatic heterocycles. The molecule has 2 aromatic carbocycles. The van der Waals surface area contributed by atoms with Crippen LogP contribution in [-0.2, 0) is 11.2 Å². The van der Waals surface area contributed by atoms with Crippen LogP contribution in [-0.4, -0.2) is 43.6 Å². The molecule has 1 fully saturated rings. The summed E-state index contributed by atoms with van der Waals surface area (Å²) in [5.41, 5.74) is 3.72. The number of amides is 1. The summed E-state index contributed by atoms with van der Waals surface area (Å²) in [5.74, 6) is 1.01. The van der Waals surface area contributed by atoms with Crippen LogP contribution in [0.2, 0.25) is 0 Å². The van der Waals surface area contributed by atoms with Gasteiger partial charge >= 0.3 is 5.69 Å². The van der Waals surface area contributed by atoms with E-state index in [1.54, 1.807) is 0 Å². The van der Waals surface area contributed by atoms with Gasteiger partial charge in [-0.15, -0.1) is 10.2 Å². The molecule has 5 rings (SSSR count). The molecule has 0 atom stereocenters. The monoisotopic (exact) mass is 431 g/mol. The minimum absolute atomic E-state index is 0.0739. The van der Waals surface area contributed by atoms with Crippen molar-refractivity contribution in [1.29, 1.82) is 0 Å². The van der Waals surface area contributed by atoms with Gasteiger partial charge in [0.25, 0.3) is 0 Å². The number of piperidine rings is 1. The van der Waals surface area contributed by atoms with Crippen LogP contribution < -0.4 is 5.69 Å². The summed E-state index contributed by atoms with van der Waals surface area (Å²) in [7, 11) is 0. The van der Waals surface area contributed by atoms with E-state index in [2.05, 4.69) is 15.2 Å². The average Bonchev–Trinajstić information content (AvgIpc) is 3.42. The van der Waals surface area contributed by atoms with Gasteiger partial charge < -0.3 is 14.3 Å². The highest BCUT2D eigenvalue weighted by atomic mass is 16.4. The zero-order chi connectivity index (χ0) is 22.1. The number of fused-ring (bicyclic) bond motifs is 1. The number of nitrogens with zero attached hydrogens (tertiary/aromatic N) is 4.